The number of carbonyl (C=O) groups is 2. The van der Waals surface area contributed by atoms with Crippen molar-refractivity contribution in [1.29, 1.82) is 5.26 Å². The highest BCUT2D eigenvalue weighted by Gasteiger charge is 2.62. The predicted molar refractivity (Wildman–Crippen MR) is 102 cm³/mol. The number of benzene rings is 1. The molecular formula is C21H19N3O5. The van der Waals surface area contributed by atoms with Gasteiger partial charge in [0.25, 0.3) is 0 Å². The number of hydrogen-bond acceptors (Lipinski definition) is 7. The van der Waals surface area contributed by atoms with Gasteiger partial charge in [-0.3, -0.25) is 4.79 Å². The Bertz CT molecular complexity index is 1030. The van der Waals surface area contributed by atoms with E-state index in [1.165, 1.54) is 12.0 Å². The fraction of sp³-hybridized carbons (Fsp3) is 0.286. The van der Waals surface area contributed by atoms with Gasteiger partial charge in [0.05, 0.1) is 18.7 Å². The van der Waals surface area contributed by atoms with Gasteiger partial charge in [-0.15, -0.1) is 6.42 Å². The molecule has 1 aromatic carbocycles. The molecular weight excluding hydrogens is 374 g/mol. The third kappa shape index (κ3) is 2.82. The molecule has 0 fully saturated rings. The van der Waals surface area contributed by atoms with Crippen molar-refractivity contribution in [3.63, 3.8) is 0 Å². The van der Waals surface area contributed by atoms with E-state index in [9.17, 15) is 14.9 Å². The minimum Gasteiger partial charge on any atom is -0.460 e. The number of amides is 1. The van der Waals surface area contributed by atoms with E-state index in [-0.39, 0.29) is 42.5 Å². The van der Waals surface area contributed by atoms with Gasteiger partial charge in [0.15, 0.2) is 5.41 Å². The summed E-state index contributed by atoms with van der Waals surface area (Å²) in [6.07, 6.45) is 5.43. The molecule has 1 atom stereocenters. The zero-order chi connectivity index (χ0) is 21.2. The molecule has 0 aromatic heterocycles. The van der Waals surface area contributed by atoms with Crippen LogP contribution in [-0.2, 0) is 24.5 Å². The molecule has 0 bridgehead atoms. The van der Waals surface area contributed by atoms with Crippen molar-refractivity contribution < 1.29 is 23.8 Å². The van der Waals surface area contributed by atoms with Crippen LogP contribution >= 0.6 is 0 Å². The number of fused-ring (bicyclic) bond motifs is 2. The monoisotopic (exact) mass is 393 g/mol. The van der Waals surface area contributed by atoms with E-state index < -0.39 is 17.3 Å². The third-order valence-corrected chi connectivity index (χ3v) is 4.93. The van der Waals surface area contributed by atoms with Crippen molar-refractivity contribution in [3.05, 3.63) is 52.6 Å². The minimum atomic E-state index is -1.79. The van der Waals surface area contributed by atoms with Crippen LogP contribution in [0.3, 0.4) is 0 Å². The van der Waals surface area contributed by atoms with E-state index >= 15 is 0 Å². The fourth-order valence-electron chi connectivity index (χ4n) is 3.72. The van der Waals surface area contributed by atoms with Crippen molar-refractivity contribution >= 4 is 11.9 Å². The van der Waals surface area contributed by atoms with Crippen LogP contribution in [0.15, 0.2) is 47.0 Å². The van der Waals surface area contributed by atoms with Gasteiger partial charge in [-0.1, -0.05) is 24.1 Å². The molecule has 29 heavy (non-hydrogen) atoms. The van der Waals surface area contributed by atoms with Crippen LogP contribution in [0, 0.1) is 23.7 Å². The van der Waals surface area contributed by atoms with Crippen molar-refractivity contribution in [2.75, 3.05) is 26.9 Å². The number of esters is 1. The number of para-hydroxylation sites is 1. The summed E-state index contributed by atoms with van der Waals surface area (Å²) in [5.74, 6) is 1.12. The first-order chi connectivity index (χ1) is 13.9. The minimum absolute atomic E-state index is 0.0101. The SMILES string of the molecule is C#CCN1C(=O)C2(C(C#N)=C(N)Oc3ccccc32)C(C(=O)OCCOC)=C1C. The largest absolute Gasteiger partial charge is 0.460 e. The Hall–Kier alpha value is -3.75. The first kappa shape index (κ1) is 20.0. The number of methoxy groups -OCH3 is 1. The summed E-state index contributed by atoms with van der Waals surface area (Å²) in [5.41, 5.74) is 4.64. The van der Waals surface area contributed by atoms with Gasteiger partial charge in [-0.2, -0.15) is 5.26 Å². The lowest BCUT2D eigenvalue weighted by molar-refractivity contribution is -0.142. The maximum Gasteiger partial charge on any atom is 0.337 e. The van der Waals surface area contributed by atoms with Crippen LogP contribution in [0.5, 0.6) is 5.75 Å². The molecule has 2 N–H and O–H groups in total. The standard InChI is InChI=1S/C21H19N3O5/c1-4-9-24-13(2)17(19(25)28-11-10-27-3)21(20(24)26)14-7-5-6-8-16(14)29-18(23)15(21)12-22/h1,5-8H,9-11,23H2,2-3H3. The molecule has 3 rings (SSSR count). The average molecular weight is 393 g/mol. The first-order valence-corrected chi connectivity index (χ1v) is 8.75. The lowest BCUT2D eigenvalue weighted by Gasteiger charge is -2.35. The van der Waals surface area contributed by atoms with Crippen molar-refractivity contribution in [2.45, 2.75) is 12.3 Å². The molecule has 1 spiro atoms. The number of nitriles is 1. The van der Waals surface area contributed by atoms with Crippen molar-refractivity contribution in [1.82, 2.24) is 4.90 Å². The predicted octanol–water partition coefficient (Wildman–Crippen LogP) is 0.950. The van der Waals surface area contributed by atoms with Crippen LogP contribution in [0.1, 0.15) is 12.5 Å². The zero-order valence-electron chi connectivity index (χ0n) is 16.0. The second kappa shape index (κ2) is 7.70. The molecule has 148 valence electrons. The van der Waals surface area contributed by atoms with E-state index in [1.54, 1.807) is 31.2 Å². The van der Waals surface area contributed by atoms with E-state index in [4.69, 9.17) is 26.4 Å². The first-order valence-electron chi connectivity index (χ1n) is 8.75. The highest BCUT2D eigenvalue weighted by Crippen LogP contribution is 2.53. The molecule has 0 aliphatic carbocycles. The smallest absolute Gasteiger partial charge is 0.337 e. The van der Waals surface area contributed by atoms with Gasteiger partial charge in [-0.25, -0.2) is 4.79 Å². The second-order valence-electron chi connectivity index (χ2n) is 6.38. The molecule has 1 unspecified atom stereocenters. The topological polar surface area (TPSA) is 115 Å². The summed E-state index contributed by atoms with van der Waals surface area (Å²) in [6.45, 7) is 1.66. The summed E-state index contributed by atoms with van der Waals surface area (Å²) in [5, 5.41) is 9.87. The number of nitrogens with zero attached hydrogens (tertiary/aromatic N) is 2. The number of terminal acetylenes is 1. The molecule has 0 saturated carbocycles. The number of hydrogen-bond donors (Lipinski definition) is 1. The quantitative estimate of drug-likeness (QED) is 0.450. The van der Waals surface area contributed by atoms with Gasteiger partial charge in [0.2, 0.25) is 11.8 Å². The normalized spacial score (nSPS) is 20.3. The van der Waals surface area contributed by atoms with Gasteiger partial charge in [-0.05, 0) is 13.0 Å². The van der Waals surface area contributed by atoms with E-state index in [2.05, 4.69) is 5.92 Å². The lowest BCUT2D eigenvalue weighted by Crippen LogP contribution is -2.47. The van der Waals surface area contributed by atoms with Gasteiger partial charge >= 0.3 is 5.97 Å². The lowest BCUT2D eigenvalue weighted by atomic mass is 9.68. The maximum atomic E-state index is 13.7. The average Bonchev–Trinajstić information content (AvgIpc) is 2.91. The highest BCUT2D eigenvalue weighted by molar-refractivity contribution is 6.12. The summed E-state index contributed by atoms with van der Waals surface area (Å²) in [6, 6.07) is 8.56. The Morgan fingerprint density at radius 1 is 1.38 bits per heavy atom. The van der Waals surface area contributed by atoms with Gasteiger partial charge in [0.1, 0.15) is 24.0 Å². The number of nitrogens with two attached hydrogens (primary N) is 1. The van der Waals surface area contributed by atoms with Crippen LogP contribution in [-0.4, -0.2) is 43.6 Å². The summed E-state index contributed by atoms with van der Waals surface area (Å²) in [7, 11) is 1.47. The van der Waals surface area contributed by atoms with E-state index in [0.717, 1.165) is 0 Å². The Labute approximate surface area is 168 Å². The Morgan fingerprint density at radius 2 is 2.10 bits per heavy atom. The van der Waals surface area contributed by atoms with E-state index in [0.29, 0.717) is 11.3 Å². The maximum absolute atomic E-state index is 13.7. The van der Waals surface area contributed by atoms with Crippen LogP contribution in [0.2, 0.25) is 0 Å². The molecule has 2 aliphatic heterocycles. The number of ether oxygens (including phenoxy) is 3. The van der Waals surface area contributed by atoms with Crippen LogP contribution in [0.25, 0.3) is 0 Å². The highest BCUT2D eigenvalue weighted by atomic mass is 16.6. The van der Waals surface area contributed by atoms with E-state index in [1.807, 2.05) is 6.07 Å². The molecule has 2 heterocycles. The zero-order valence-corrected chi connectivity index (χ0v) is 16.0. The summed E-state index contributed by atoms with van der Waals surface area (Å²) >= 11 is 0. The summed E-state index contributed by atoms with van der Waals surface area (Å²) in [4.78, 5) is 28.0. The molecule has 0 saturated heterocycles. The van der Waals surface area contributed by atoms with Gasteiger partial charge in [0, 0.05) is 18.4 Å². The Morgan fingerprint density at radius 3 is 2.76 bits per heavy atom. The number of rotatable bonds is 5. The Balaban J connectivity index is 2.31. The summed E-state index contributed by atoms with van der Waals surface area (Å²) < 4.78 is 15.8. The van der Waals surface area contributed by atoms with Crippen LogP contribution in [0.4, 0.5) is 0 Å². The van der Waals surface area contributed by atoms with Gasteiger partial charge < -0.3 is 24.8 Å². The molecule has 2 aliphatic rings. The molecule has 1 aromatic rings. The molecule has 8 heteroatoms. The Kier molecular flexibility index (Phi) is 5.31. The van der Waals surface area contributed by atoms with Crippen LogP contribution < -0.4 is 10.5 Å². The third-order valence-electron chi connectivity index (χ3n) is 4.93. The fourth-order valence-corrected chi connectivity index (χ4v) is 3.72. The number of carbonyl (C=O) groups excluding carboxylic acids is 2. The van der Waals surface area contributed by atoms with Crippen molar-refractivity contribution in [3.8, 4) is 24.2 Å². The van der Waals surface area contributed by atoms with Crippen molar-refractivity contribution in [2.24, 2.45) is 5.73 Å². The molecule has 8 nitrogen and oxygen atoms in total. The second-order valence-corrected chi connectivity index (χ2v) is 6.38. The number of allylic oxidation sites excluding steroid dienone is 1. The molecule has 0 radical (unpaired) electrons. The molecule has 1 amide bonds.